The smallest absolute Gasteiger partial charge is 0.321 e. The zero-order valence-corrected chi connectivity index (χ0v) is 16.3. The first-order valence-electron chi connectivity index (χ1n) is 10.1. The topological polar surface area (TPSA) is 58.0 Å². The molecule has 0 atom stereocenters. The number of carbonyl (C=O) groups is 1. The van der Waals surface area contributed by atoms with Crippen LogP contribution in [0.3, 0.4) is 0 Å². The zero-order chi connectivity index (χ0) is 18.8. The lowest BCUT2D eigenvalue weighted by atomic mass is 10.0. The predicted molar refractivity (Wildman–Crippen MR) is 106 cm³/mol. The van der Waals surface area contributed by atoms with E-state index in [-0.39, 0.29) is 6.03 Å². The van der Waals surface area contributed by atoms with Crippen LogP contribution in [0, 0.1) is 6.92 Å². The van der Waals surface area contributed by atoms with Crippen LogP contribution in [0.5, 0.6) is 0 Å². The minimum Gasteiger partial charge on any atom is -0.459 e. The maximum absolute atomic E-state index is 12.8. The van der Waals surface area contributed by atoms with E-state index in [0.29, 0.717) is 6.04 Å². The SMILES string of the molecule is CCc1oc2c(NC(=O)N3CCC(N4CCOCC4)CC3)cccc2c1C. The number of benzene rings is 1. The van der Waals surface area contributed by atoms with Crippen molar-refractivity contribution in [1.29, 1.82) is 0 Å². The van der Waals surface area contributed by atoms with Gasteiger partial charge in [0.2, 0.25) is 0 Å². The first-order chi connectivity index (χ1) is 13.2. The van der Waals surface area contributed by atoms with E-state index < -0.39 is 0 Å². The molecular formula is C21H29N3O3. The van der Waals surface area contributed by atoms with E-state index in [9.17, 15) is 4.79 Å². The molecule has 2 amide bonds. The molecule has 2 aliphatic rings. The van der Waals surface area contributed by atoms with Gasteiger partial charge in [0.25, 0.3) is 0 Å². The highest BCUT2D eigenvalue weighted by molar-refractivity contribution is 6.00. The summed E-state index contributed by atoms with van der Waals surface area (Å²) < 4.78 is 11.5. The van der Waals surface area contributed by atoms with Gasteiger partial charge in [-0.2, -0.15) is 0 Å². The molecule has 6 heteroatoms. The summed E-state index contributed by atoms with van der Waals surface area (Å²) in [4.78, 5) is 17.2. The quantitative estimate of drug-likeness (QED) is 0.895. The lowest BCUT2D eigenvalue weighted by molar-refractivity contribution is 0.00420. The second-order valence-electron chi connectivity index (χ2n) is 7.48. The van der Waals surface area contributed by atoms with E-state index in [4.69, 9.17) is 9.15 Å². The van der Waals surface area contributed by atoms with Gasteiger partial charge in [0.1, 0.15) is 5.76 Å². The number of hydrogen-bond acceptors (Lipinski definition) is 4. The Morgan fingerprint density at radius 1 is 1.19 bits per heavy atom. The van der Waals surface area contributed by atoms with Crippen molar-refractivity contribution in [2.45, 2.75) is 39.2 Å². The largest absolute Gasteiger partial charge is 0.459 e. The molecule has 0 saturated carbocycles. The van der Waals surface area contributed by atoms with Crippen molar-refractivity contribution in [1.82, 2.24) is 9.80 Å². The number of piperidine rings is 1. The molecule has 0 aliphatic carbocycles. The standard InChI is InChI=1S/C21H29N3O3/c1-3-19-15(2)17-5-4-6-18(20(17)27-19)22-21(25)24-9-7-16(8-10-24)23-11-13-26-14-12-23/h4-6,16H,3,7-14H2,1-2H3,(H,22,25). The number of nitrogens with one attached hydrogen (secondary N) is 1. The monoisotopic (exact) mass is 371 g/mol. The Balaban J connectivity index is 1.40. The molecule has 1 N–H and O–H groups in total. The molecule has 2 fully saturated rings. The Bertz CT molecular complexity index is 802. The molecule has 27 heavy (non-hydrogen) atoms. The molecule has 2 aliphatic heterocycles. The van der Waals surface area contributed by atoms with E-state index in [1.54, 1.807) is 0 Å². The van der Waals surface area contributed by atoms with Crippen LogP contribution in [0.4, 0.5) is 10.5 Å². The molecule has 1 aromatic heterocycles. The summed E-state index contributed by atoms with van der Waals surface area (Å²) in [5, 5.41) is 4.15. The molecule has 4 rings (SSSR count). The van der Waals surface area contributed by atoms with Gasteiger partial charge in [-0.3, -0.25) is 4.90 Å². The van der Waals surface area contributed by atoms with Gasteiger partial charge in [-0.05, 0) is 31.4 Å². The summed E-state index contributed by atoms with van der Waals surface area (Å²) in [6.07, 6.45) is 2.90. The summed E-state index contributed by atoms with van der Waals surface area (Å²) in [5.41, 5.74) is 2.70. The normalized spacial score (nSPS) is 19.6. The fourth-order valence-electron chi connectivity index (χ4n) is 4.30. The van der Waals surface area contributed by atoms with Gasteiger partial charge in [0.05, 0.1) is 18.9 Å². The lowest BCUT2D eigenvalue weighted by Gasteiger charge is -2.40. The maximum Gasteiger partial charge on any atom is 0.321 e. The zero-order valence-electron chi connectivity index (χ0n) is 16.3. The van der Waals surface area contributed by atoms with Gasteiger partial charge in [-0.15, -0.1) is 0 Å². The Hall–Kier alpha value is -2.05. The average molecular weight is 371 g/mol. The van der Waals surface area contributed by atoms with E-state index in [1.807, 2.05) is 17.0 Å². The van der Waals surface area contributed by atoms with Gasteiger partial charge < -0.3 is 19.4 Å². The number of carbonyl (C=O) groups excluding carboxylic acids is 1. The maximum atomic E-state index is 12.8. The van der Waals surface area contributed by atoms with E-state index in [2.05, 4.69) is 30.1 Å². The molecule has 1 aromatic carbocycles. The molecule has 0 spiro atoms. The number of likely N-dealkylation sites (tertiary alicyclic amines) is 1. The van der Waals surface area contributed by atoms with Crippen molar-refractivity contribution in [3.05, 3.63) is 29.5 Å². The molecule has 0 bridgehead atoms. The van der Waals surface area contributed by atoms with Gasteiger partial charge >= 0.3 is 6.03 Å². The molecule has 2 aromatic rings. The number of urea groups is 1. The fourth-order valence-corrected chi connectivity index (χ4v) is 4.30. The number of ether oxygens (including phenoxy) is 1. The molecule has 146 valence electrons. The van der Waals surface area contributed by atoms with Gasteiger partial charge in [-0.1, -0.05) is 19.1 Å². The van der Waals surface area contributed by atoms with Crippen molar-refractivity contribution in [2.75, 3.05) is 44.7 Å². The predicted octanol–water partition coefficient (Wildman–Crippen LogP) is 3.63. The highest BCUT2D eigenvalue weighted by atomic mass is 16.5. The molecular weight excluding hydrogens is 342 g/mol. The third kappa shape index (κ3) is 3.69. The van der Waals surface area contributed by atoms with Crippen molar-refractivity contribution in [2.24, 2.45) is 0 Å². The van der Waals surface area contributed by atoms with E-state index >= 15 is 0 Å². The number of fused-ring (bicyclic) bond motifs is 1. The fraction of sp³-hybridized carbons (Fsp3) is 0.571. The van der Waals surface area contributed by atoms with Crippen LogP contribution in [0.15, 0.2) is 22.6 Å². The minimum atomic E-state index is -0.0324. The molecule has 0 radical (unpaired) electrons. The van der Waals surface area contributed by atoms with Crippen LogP contribution in [0.2, 0.25) is 0 Å². The summed E-state index contributed by atoms with van der Waals surface area (Å²) >= 11 is 0. The van der Waals surface area contributed by atoms with Crippen molar-refractivity contribution in [3.8, 4) is 0 Å². The minimum absolute atomic E-state index is 0.0324. The molecule has 2 saturated heterocycles. The first kappa shape index (κ1) is 18.3. The Morgan fingerprint density at radius 3 is 2.63 bits per heavy atom. The van der Waals surface area contributed by atoms with Crippen LogP contribution in [-0.4, -0.2) is 61.3 Å². The summed E-state index contributed by atoms with van der Waals surface area (Å²) in [5.74, 6) is 0.984. The van der Waals surface area contributed by atoms with E-state index in [1.165, 1.54) is 0 Å². The van der Waals surface area contributed by atoms with Gasteiger partial charge in [-0.25, -0.2) is 4.79 Å². The number of para-hydroxylation sites is 1. The van der Waals surface area contributed by atoms with Crippen LogP contribution in [-0.2, 0) is 11.2 Å². The van der Waals surface area contributed by atoms with Crippen molar-refractivity contribution in [3.63, 3.8) is 0 Å². The number of amides is 2. The number of aryl methyl sites for hydroxylation is 2. The first-order valence-corrected chi connectivity index (χ1v) is 10.1. The third-order valence-corrected chi connectivity index (χ3v) is 5.94. The highest BCUT2D eigenvalue weighted by Crippen LogP contribution is 2.31. The Kier molecular flexibility index (Phi) is 5.36. The third-order valence-electron chi connectivity index (χ3n) is 5.94. The lowest BCUT2D eigenvalue weighted by Crippen LogP contribution is -2.50. The Morgan fingerprint density at radius 2 is 1.93 bits per heavy atom. The number of anilines is 1. The Labute approximate surface area is 160 Å². The van der Waals surface area contributed by atoms with Crippen LogP contribution < -0.4 is 5.32 Å². The summed E-state index contributed by atoms with van der Waals surface area (Å²) in [6, 6.07) is 6.49. The number of morpholine rings is 1. The second-order valence-corrected chi connectivity index (χ2v) is 7.48. The number of rotatable bonds is 3. The van der Waals surface area contributed by atoms with E-state index in [0.717, 1.165) is 86.6 Å². The second kappa shape index (κ2) is 7.90. The molecule has 6 nitrogen and oxygen atoms in total. The van der Waals surface area contributed by atoms with Gasteiger partial charge in [0.15, 0.2) is 5.58 Å². The van der Waals surface area contributed by atoms with Crippen LogP contribution in [0.1, 0.15) is 31.1 Å². The average Bonchev–Trinajstić information content (AvgIpc) is 3.06. The van der Waals surface area contributed by atoms with Crippen LogP contribution in [0.25, 0.3) is 11.0 Å². The van der Waals surface area contributed by atoms with Crippen molar-refractivity contribution < 1.29 is 13.9 Å². The van der Waals surface area contributed by atoms with Crippen LogP contribution >= 0.6 is 0 Å². The summed E-state index contributed by atoms with van der Waals surface area (Å²) in [7, 11) is 0. The number of hydrogen-bond donors (Lipinski definition) is 1. The molecule has 3 heterocycles. The highest BCUT2D eigenvalue weighted by Gasteiger charge is 2.28. The summed E-state index contributed by atoms with van der Waals surface area (Å²) in [6.45, 7) is 9.42. The van der Waals surface area contributed by atoms with Crippen molar-refractivity contribution >= 4 is 22.7 Å². The van der Waals surface area contributed by atoms with Gasteiger partial charge in [0, 0.05) is 44.0 Å². The number of nitrogens with zero attached hydrogens (tertiary/aromatic N) is 2. The molecule has 0 unspecified atom stereocenters. The number of furan rings is 1.